The molecule has 3 aromatic rings. The third-order valence-corrected chi connectivity index (χ3v) is 5.15. The molecule has 1 amide bonds. The molecule has 0 unspecified atom stereocenters. The highest BCUT2D eigenvalue weighted by atomic mass is 35.5. The van der Waals surface area contributed by atoms with Crippen LogP contribution in [0.1, 0.15) is 27.9 Å². The van der Waals surface area contributed by atoms with Crippen LogP contribution in [0.5, 0.6) is 0 Å². The molecule has 5 nitrogen and oxygen atoms in total. The van der Waals surface area contributed by atoms with Crippen LogP contribution in [0.2, 0.25) is 5.15 Å². The third-order valence-electron chi connectivity index (χ3n) is 4.33. The van der Waals surface area contributed by atoms with Crippen LogP contribution in [0.4, 0.5) is 5.82 Å². The lowest BCUT2D eigenvalue weighted by Crippen LogP contribution is -2.25. The standard InChI is InChI=1S/C22H23ClN4OS/c1-29-22-26-19(23)18(21(28)25-15-17-11-6-3-7-12-17)20(27-22)24-14-8-13-16-9-4-2-5-10-16/h2-7,9-12H,8,13-15H2,1H3,(H,25,28)(H,24,26,27). The van der Waals surface area contributed by atoms with E-state index in [1.165, 1.54) is 17.3 Å². The van der Waals surface area contributed by atoms with Crippen molar-refractivity contribution < 1.29 is 4.79 Å². The molecule has 7 heteroatoms. The third kappa shape index (κ3) is 6.21. The molecule has 0 fully saturated rings. The number of aromatic nitrogens is 2. The van der Waals surface area contributed by atoms with E-state index in [-0.39, 0.29) is 16.6 Å². The average molecular weight is 427 g/mol. The molecule has 0 saturated heterocycles. The van der Waals surface area contributed by atoms with Crippen LogP contribution in [0.3, 0.4) is 0 Å². The Balaban J connectivity index is 1.67. The van der Waals surface area contributed by atoms with Gasteiger partial charge in [0.15, 0.2) is 5.16 Å². The van der Waals surface area contributed by atoms with Crippen LogP contribution in [0, 0.1) is 0 Å². The van der Waals surface area contributed by atoms with E-state index in [1.54, 1.807) is 0 Å². The first-order valence-corrected chi connectivity index (χ1v) is 11.0. The van der Waals surface area contributed by atoms with Gasteiger partial charge in [0.25, 0.3) is 5.91 Å². The fourth-order valence-corrected chi connectivity index (χ4v) is 3.52. The zero-order valence-electron chi connectivity index (χ0n) is 16.2. The van der Waals surface area contributed by atoms with E-state index in [9.17, 15) is 4.79 Å². The molecular formula is C22H23ClN4OS. The first-order chi connectivity index (χ1) is 14.2. The van der Waals surface area contributed by atoms with Crippen LogP contribution in [-0.2, 0) is 13.0 Å². The largest absolute Gasteiger partial charge is 0.369 e. The van der Waals surface area contributed by atoms with Crippen LogP contribution < -0.4 is 10.6 Å². The molecule has 0 saturated carbocycles. The van der Waals surface area contributed by atoms with E-state index in [1.807, 2.05) is 54.8 Å². The first-order valence-electron chi connectivity index (χ1n) is 9.39. The fraction of sp³-hybridized carbons (Fsp3) is 0.227. The van der Waals surface area contributed by atoms with Gasteiger partial charge in [-0.1, -0.05) is 84.0 Å². The number of rotatable bonds is 9. The molecule has 0 spiro atoms. The smallest absolute Gasteiger partial charge is 0.258 e. The molecular weight excluding hydrogens is 404 g/mol. The van der Waals surface area contributed by atoms with Crippen molar-refractivity contribution in [1.82, 2.24) is 15.3 Å². The van der Waals surface area contributed by atoms with Gasteiger partial charge in [-0.2, -0.15) is 0 Å². The van der Waals surface area contributed by atoms with Crippen LogP contribution in [-0.4, -0.2) is 28.7 Å². The Hall–Kier alpha value is -2.57. The lowest BCUT2D eigenvalue weighted by Gasteiger charge is -2.13. The number of amides is 1. The summed E-state index contributed by atoms with van der Waals surface area (Å²) >= 11 is 7.72. The van der Waals surface area contributed by atoms with Crippen LogP contribution in [0.25, 0.3) is 0 Å². The number of benzene rings is 2. The SMILES string of the molecule is CSc1nc(Cl)c(C(=O)NCc2ccccc2)c(NCCCc2ccccc2)n1. The predicted molar refractivity (Wildman–Crippen MR) is 120 cm³/mol. The Morgan fingerprint density at radius 2 is 1.66 bits per heavy atom. The summed E-state index contributed by atoms with van der Waals surface area (Å²) in [7, 11) is 0. The van der Waals surface area contributed by atoms with E-state index in [4.69, 9.17) is 11.6 Å². The summed E-state index contributed by atoms with van der Waals surface area (Å²) in [6.45, 7) is 1.09. The highest BCUT2D eigenvalue weighted by Crippen LogP contribution is 2.24. The Labute approximate surface area is 180 Å². The molecule has 0 aliphatic carbocycles. The molecule has 1 heterocycles. The van der Waals surface area contributed by atoms with Crippen molar-refractivity contribution in [3.63, 3.8) is 0 Å². The number of nitrogens with zero attached hydrogens (tertiary/aromatic N) is 2. The summed E-state index contributed by atoms with van der Waals surface area (Å²) in [5.74, 6) is 0.171. The zero-order chi connectivity index (χ0) is 20.5. The van der Waals surface area contributed by atoms with E-state index in [2.05, 4.69) is 32.7 Å². The number of nitrogens with one attached hydrogen (secondary N) is 2. The molecule has 1 aromatic heterocycles. The Bertz CT molecular complexity index is 938. The van der Waals surface area contributed by atoms with Gasteiger partial charge < -0.3 is 10.6 Å². The summed E-state index contributed by atoms with van der Waals surface area (Å²) in [6.07, 6.45) is 3.73. The molecule has 3 rings (SSSR count). The highest BCUT2D eigenvalue weighted by Gasteiger charge is 2.20. The average Bonchev–Trinajstić information content (AvgIpc) is 2.76. The van der Waals surface area contributed by atoms with Crippen molar-refractivity contribution in [2.24, 2.45) is 0 Å². The number of anilines is 1. The lowest BCUT2D eigenvalue weighted by molar-refractivity contribution is 0.0951. The first kappa shape index (κ1) is 21.1. The number of aryl methyl sites for hydroxylation is 1. The molecule has 2 N–H and O–H groups in total. The normalized spacial score (nSPS) is 10.6. The van der Waals surface area contributed by atoms with Crippen LogP contribution in [0.15, 0.2) is 65.8 Å². The number of carbonyl (C=O) groups is 1. The quantitative estimate of drug-likeness (QED) is 0.222. The van der Waals surface area contributed by atoms with E-state index < -0.39 is 0 Å². The van der Waals surface area contributed by atoms with E-state index >= 15 is 0 Å². The molecule has 0 aliphatic heterocycles. The van der Waals surface area contributed by atoms with Crippen molar-refractivity contribution in [3.8, 4) is 0 Å². The molecule has 150 valence electrons. The topological polar surface area (TPSA) is 66.9 Å². The predicted octanol–water partition coefficient (Wildman–Crippen LogP) is 4.83. The van der Waals surface area contributed by atoms with Crippen molar-refractivity contribution >= 4 is 35.1 Å². The van der Waals surface area contributed by atoms with Gasteiger partial charge in [-0.15, -0.1) is 0 Å². The minimum Gasteiger partial charge on any atom is -0.369 e. The maximum absolute atomic E-state index is 12.8. The summed E-state index contributed by atoms with van der Waals surface area (Å²) in [5.41, 5.74) is 2.57. The van der Waals surface area contributed by atoms with Gasteiger partial charge in [0, 0.05) is 13.1 Å². The monoisotopic (exact) mass is 426 g/mol. The fourth-order valence-electron chi connectivity index (χ4n) is 2.85. The lowest BCUT2D eigenvalue weighted by atomic mass is 10.1. The molecule has 0 bridgehead atoms. The summed E-state index contributed by atoms with van der Waals surface area (Å²) in [6, 6.07) is 20.0. The summed E-state index contributed by atoms with van der Waals surface area (Å²) in [5, 5.41) is 6.85. The number of carbonyl (C=O) groups excluding carboxylic acids is 1. The second kappa shape index (κ2) is 10.8. The summed E-state index contributed by atoms with van der Waals surface area (Å²) in [4.78, 5) is 21.5. The van der Waals surface area contributed by atoms with Gasteiger partial charge in [0.2, 0.25) is 0 Å². The number of hydrogen-bond donors (Lipinski definition) is 2. The number of thioether (sulfide) groups is 1. The minimum atomic E-state index is -0.294. The van der Waals surface area contributed by atoms with E-state index in [0.717, 1.165) is 18.4 Å². The van der Waals surface area contributed by atoms with Crippen molar-refractivity contribution in [2.45, 2.75) is 24.5 Å². The van der Waals surface area contributed by atoms with E-state index in [0.29, 0.717) is 24.1 Å². The Morgan fingerprint density at radius 1 is 1.00 bits per heavy atom. The van der Waals surface area contributed by atoms with Crippen molar-refractivity contribution in [3.05, 3.63) is 82.5 Å². The molecule has 29 heavy (non-hydrogen) atoms. The van der Waals surface area contributed by atoms with Crippen molar-refractivity contribution in [2.75, 3.05) is 18.1 Å². The second-order valence-corrected chi connectivity index (χ2v) is 7.54. The molecule has 0 aliphatic rings. The molecule has 0 atom stereocenters. The van der Waals surface area contributed by atoms with Gasteiger partial charge in [0.1, 0.15) is 16.5 Å². The maximum Gasteiger partial charge on any atom is 0.258 e. The second-order valence-electron chi connectivity index (χ2n) is 6.41. The molecule has 0 radical (unpaired) electrons. The number of halogens is 1. The van der Waals surface area contributed by atoms with Gasteiger partial charge in [0.05, 0.1) is 0 Å². The van der Waals surface area contributed by atoms with Gasteiger partial charge in [-0.3, -0.25) is 4.79 Å². The zero-order valence-corrected chi connectivity index (χ0v) is 17.8. The highest BCUT2D eigenvalue weighted by molar-refractivity contribution is 7.98. The number of hydrogen-bond acceptors (Lipinski definition) is 5. The maximum atomic E-state index is 12.8. The summed E-state index contributed by atoms with van der Waals surface area (Å²) < 4.78 is 0. The minimum absolute atomic E-state index is 0.153. The molecule has 2 aromatic carbocycles. The van der Waals surface area contributed by atoms with Crippen LogP contribution >= 0.6 is 23.4 Å². The van der Waals surface area contributed by atoms with Crippen molar-refractivity contribution in [1.29, 1.82) is 0 Å². The van der Waals surface area contributed by atoms with Gasteiger partial charge in [-0.05, 0) is 30.2 Å². The Kier molecular flexibility index (Phi) is 7.90. The van der Waals surface area contributed by atoms with Gasteiger partial charge >= 0.3 is 0 Å². The van der Waals surface area contributed by atoms with Gasteiger partial charge in [-0.25, -0.2) is 9.97 Å². The Morgan fingerprint density at radius 3 is 2.31 bits per heavy atom.